The SMILES string of the molecule is CC(C)(C)OC(=O)N1CCCCC(NC2CCCOCC2)C1. The molecule has 0 saturated carbocycles. The Morgan fingerprint density at radius 2 is 1.86 bits per heavy atom. The second kappa shape index (κ2) is 8.16. The summed E-state index contributed by atoms with van der Waals surface area (Å²) in [4.78, 5) is 14.2. The Kier molecular flexibility index (Phi) is 6.50. The Hall–Kier alpha value is -0.810. The zero-order chi connectivity index (χ0) is 16.0. The minimum atomic E-state index is -0.426. The van der Waals surface area contributed by atoms with Crippen molar-refractivity contribution in [2.45, 2.75) is 77.0 Å². The summed E-state index contributed by atoms with van der Waals surface area (Å²) in [7, 11) is 0. The lowest BCUT2D eigenvalue weighted by Crippen LogP contribution is -2.47. The number of carbonyl (C=O) groups excluding carboxylic acids is 1. The van der Waals surface area contributed by atoms with Gasteiger partial charge in [-0.05, 0) is 52.9 Å². The monoisotopic (exact) mass is 312 g/mol. The molecule has 2 aliphatic rings. The molecule has 2 saturated heterocycles. The van der Waals surface area contributed by atoms with Crippen LogP contribution in [0.4, 0.5) is 4.79 Å². The van der Waals surface area contributed by atoms with Gasteiger partial charge >= 0.3 is 6.09 Å². The van der Waals surface area contributed by atoms with Crippen LogP contribution in [0.15, 0.2) is 0 Å². The van der Waals surface area contributed by atoms with Crippen molar-refractivity contribution in [3.05, 3.63) is 0 Å². The van der Waals surface area contributed by atoms with Crippen molar-refractivity contribution in [2.24, 2.45) is 0 Å². The molecule has 0 aromatic carbocycles. The molecule has 2 fully saturated rings. The van der Waals surface area contributed by atoms with E-state index in [2.05, 4.69) is 5.32 Å². The van der Waals surface area contributed by atoms with Crippen molar-refractivity contribution in [1.29, 1.82) is 0 Å². The van der Waals surface area contributed by atoms with E-state index in [4.69, 9.17) is 9.47 Å². The van der Waals surface area contributed by atoms with Gasteiger partial charge in [-0.25, -0.2) is 4.79 Å². The number of hydrogen-bond acceptors (Lipinski definition) is 4. The van der Waals surface area contributed by atoms with Crippen LogP contribution in [0.5, 0.6) is 0 Å². The van der Waals surface area contributed by atoms with E-state index in [1.807, 2.05) is 25.7 Å². The van der Waals surface area contributed by atoms with Crippen molar-refractivity contribution in [3.8, 4) is 0 Å². The smallest absolute Gasteiger partial charge is 0.410 e. The van der Waals surface area contributed by atoms with Crippen molar-refractivity contribution in [3.63, 3.8) is 0 Å². The standard InChI is InChI=1S/C17H32N2O3/c1-17(2,3)22-16(20)19-10-5-4-7-15(13-19)18-14-8-6-11-21-12-9-14/h14-15,18H,4-13H2,1-3H3. The largest absolute Gasteiger partial charge is 0.444 e. The molecule has 0 aromatic heterocycles. The van der Waals surface area contributed by atoms with Gasteiger partial charge in [-0.3, -0.25) is 0 Å². The van der Waals surface area contributed by atoms with E-state index in [1.165, 1.54) is 12.8 Å². The Morgan fingerprint density at radius 1 is 1.09 bits per heavy atom. The van der Waals surface area contributed by atoms with Crippen LogP contribution < -0.4 is 5.32 Å². The highest BCUT2D eigenvalue weighted by Gasteiger charge is 2.27. The third kappa shape index (κ3) is 6.13. The maximum atomic E-state index is 12.3. The fraction of sp³-hybridized carbons (Fsp3) is 0.941. The summed E-state index contributed by atoms with van der Waals surface area (Å²) in [6.45, 7) is 9.05. The van der Waals surface area contributed by atoms with Gasteiger partial charge in [-0.2, -0.15) is 0 Å². The molecule has 0 radical (unpaired) electrons. The van der Waals surface area contributed by atoms with Crippen LogP contribution in [0.3, 0.4) is 0 Å². The molecule has 1 N–H and O–H groups in total. The first kappa shape index (κ1) is 17.5. The molecular weight excluding hydrogens is 280 g/mol. The molecule has 2 atom stereocenters. The van der Waals surface area contributed by atoms with Gasteiger partial charge in [0.15, 0.2) is 0 Å². The maximum absolute atomic E-state index is 12.3. The number of ether oxygens (including phenoxy) is 2. The molecular formula is C17H32N2O3. The highest BCUT2D eigenvalue weighted by molar-refractivity contribution is 5.68. The van der Waals surface area contributed by atoms with E-state index < -0.39 is 5.60 Å². The second-order valence-corrected chi connectivity index (χ2v) is 7.53. The number of nitrogens with one attached hydrogen (secondary N) is 1. The number of amides is 1. The molecule has 2 unspecified atom stereocenters. The molecule has 2 heterocycles. The van der Waals surface area contributed by atoms with E-state index in [9.17, 15) is 4.79 Å². The molecule has 5 nitrogen and oxygen atoms in total. The van der Waals surface area contributed by atoms with Crippen LogP contribution in [-0.2, 0) is 9.47 Å². The van der Waals surface area contributed by atoms with Crippen molar-refractivity contribution >= 4 is 6.09 Å². The van der Waals surface area contributed by atoms with E-state index in [1.54, 1.807) is 0 Å². The van der Waals surface area contributed by atoms with E-state index in [-0.39, 0.29) is 6.09 Å². The van der Waals surface area contributed by atoms with Gasteiger partial charge in [0, 0.05) is 38.4 Å². The summed E-state index contributed by atoms with van der Waals surface area (Å²) >= 11 is 0. The zero-order valence-corrected chi connectivity index (χ0v) is 14.4. The molecule has 5 heteroatoms. The highest BCUT2D eigenvalue weighted by Crippen LogP contribution is 2.17. The number of nitrogens with zero attached hydrogens (tertiary/aromatic N) is 1. The van der Waals surface area contributed by atoms with Crippen molar-refractivity contribution in [2.75, 3.05) is 26.3 Å². The quantitative estimate of drug-likeness (QED) is 0.852. The van der Waals surface area contributed by atoms with E-state index >= 15 is 0 Å². The summed E-state index contributed by atoms with van der Waals surface area (Å²) in [5.74, 6) is 0. The Bertz CT molecular complexity index is 346. The summed E-state index contributed by atoms with van der Waals surface area (Å²) in [5, 5.41) is 3.76. The van der Waals surface area contributed by atoms with Crippen molar-refractivity contribution < 1.29 is 14.3 Å². The fourth-order valence-electron chi connectivity index (χ4n) is 3.17. The summed E-state index contributed by atoms with van der Waals surface area (Å²) < 4.78 is 11.1. The number of rotatable bonds is 2. The average molecular weight is 312 g/mol. The zero-order valence-electron chi connectivity index (χ0n) is 14.4. The second-order valence-electron chi connectivity index (χ2n) is 7.53. The lowest BCUT2D eigenvalue weighted by atomic mass is 10.1. The molecule has 128 valence electrons. The summed E-state index contributed by atoms with van der Waals surface area (Å²) in [5.41, 5.74) is -0.426. The third-order valence-electron chi connectivity index (χ3n) is 4.25. The van der Waals surface area contributed by atoms with E-state index in [0.29, 0.717) is 12.1 Å². The molecule has 0 spiro atoms. The summed E-state index contributed by atoms with van der Waals surface area (Å²) in [6.07, 6.45) is 6.55. The number of likely N-dealkylation sites (tertiary alicyclic amines) is 1. The minimum absolute atomic E-state index is 0.176. The predicted molar refractivity (Wildman–Crippen MR) is 87.0 cm³/mol. The molecule has 22 heavy (non-hydrogen) atoms. The Balaban J connectivity index is 1.87. The fourth-order valence-corrected chi connectivity index (χ4v) is 3.17. The van der Waals surface area contributed by atoms with Gasteiger partial charge < -0.3 is 19.7 Å². The Labute approximate surface area is 134 Å². The molecule has 0 bridgehead atoms. The van der Waals surface area contributed by atoms with Gasteiger partial charge in [-0.15, -0.1) is 0 Å². The Morgan fingerprint density at radius 3 is 2.64 bits per heavy atom. The van der Waals surface area contributed by atoms with Crippen LogP contribution in [0.2, 0.25) is 0 Å². The highest BCUT2D eigenvalue weighted by atomic mass is 16.6. The van der Waals surface area contributed by atoms with Crippen LogP contribution in [-0.4, -0.2) is 55.0 Å². The van der Waals surface area contributed by atoms with Gasteiger partial charge in [0.05, 0.1) is 0 Å². The maximum Gasteiger partial charge on any atom is 0.410 e. The number of hydrogen-bond donors (Lipinski definition) is 1. The molecule has 2 aliphatic heterocycles. The number of carbonyl (C=O) groups is 1. The van der Waals surface area contributed by atoms with E-state index in [0.717, 1.165) is 52.0 Å². The van der Waals surface area contributed by atoms with Crippen LogP contribution in [0, 0.1) is 0 Å². The van der Waals surface area contributed by atoms with Crippen LogP contribution in [0.1, 0.15) is 59.3 Å². The van der Waals surface area contributed by atoms with Gasteiger partial charge in [0.1, 0.15) is 5.60 Å². The molecule has 2 rings (SSSR count). The van der Waals surface area contributed by atoms with Crippen LogP contribution >= 0.6 is 0 Å². The minimum Gasteiger partial charge on any atom is -0.444 e. The van der Waals surface area contributed by atoms with Gasteiger partial charge in [0.25, 0.3) is 0 Å². The lowest BCUT2D eigenvalue weighted by Gasteiger charge is -2.30. The normalized spacial score (nSPS) is 27.9. The van der Waals surface area contributed by atoms with Crippen LogP contribution in [0.25, 0.3) is 0 Å². The molecule has 0 aliphatic carbocycles. The molecule has 0 aromatic rings. The lowest BCUT2D eigenvalue weighted by molar-refractivity contribution is 0.0241. The first-order valence-corrected chi connectivity index (χ1v) is 8.76. The van der Waals surface area contributed by atoms with Gasteiger partial charge in [-0.1, -0.05) is 6.42 Å². The van der Waals surface area contributed by atoms with Crippen molar-refractivity contribution in [1.82, 2.24) is 10.2 Å². The predicted octanol–water partition coefficient (Wildman–Crippen LogP) is 2.93. The van der Waals surface area contributed by atoms with Gasteiger partial charge in [0.2, 0.25) is 0 Å². The molecule has 1 amide bonds. The topological polar surface area (TPSA) is 50.8 Å². The first-order chi connectivity index (χ1) is 10.4. The first-order valence-electron chi connectivity index (χ1n) is 8.76. The third-order valence-corrected chi connectivity index (χ3v) is 4.25. The summed E-state index contributed by atoms with van der Waals surface area (Å²) in [6, 6.07) is 0.893. The average Bonchev–Trinajstić information content (AvgIpc) is 2.80.